The molecular formula is C17H24BrNO. The van der Waals surface area contributed by atoms with E-state index in [1.54, 1.807) is 0 Å². The molecule has 1 rings (SSSR count). The van der Waals surface area contributed by atoms with Crippen molar-refractivity contribution < 1.29 is 4.79 Å². The maximum atomic E-state index is 12.2. The molecule has 0 heterocycles. The van der Waals surface area contributed by atoms with Gasteiger partial charge in [-0.2, -0.15) is 0 Å². The first-order valence-corrected chi connectivity index (χ1v) is 8.14. The Morgan fingerprint density at radius 3 is 2.85 bits per heavy atom. The van der Waals surface area contributed by atoms with Crippen LogP contribution in [-0.4, -0.2) is 5.91 Å². The molecule has 0 radical (unpaired) electrons. The van der Waals surface area contributed by atoms with Crippen LogP contribution in [0.3, 0.4) is 0 Å². The predicted molar refractivity (Wildman–Crippen MR) is 89.8 cm³/mol. The van der Waals surface area contributed by atoms with E-state index in [1.165, 1.54) is 0 Å². The molecule has 0 bridgehead atoms. The summed E-state index contributed by atoms with van der Waals surface area (Å²) >= 11 is 3.41. The molecule has 0 aliphatic carbocycles. The number of anilines is 1. The van der Waals surface area contributed by atoms with Gasteiger partial charge < -0.3 is 5.32 Å². The van der Waals surface area contributed by atoms with E-state index in [1.807, 2.05) is 31.2 Å². The molecule has 1 aromatic carbocycles. The highest BCUT2D eigenvalue weighted by molar-refractivity contribution is 9.10. The summed E-state index contributed by atoms with van der Waals surface area (Å²) in [7, 11) is 0. The van der Waals surface area contributed by atoms with Crippen LogP contribution in [0.15, 0.2) is 40.9 Å². The van der Waals surface area contributed by atoms with Crippen LogP contribution >= 0.6 is 15.9 Å². The van der Waals surface area contributed by atoms with Crippen molar-refractivity contribution in [1.29, 1.82) is 0 Å². The van der Waals surface area contributed by atoms with E-state index in [9.17, 15) is 4.79 Å². The number of benzene rings is 1. The highest BCUT2D eigenvalue weighted by Crippen LogP contribution is 2.19. The summed E-state index contributed by atoms with van der Waals surface area (Å²) in [5.41, 5.74) is 0.858. The van der Waals surface area contributed by atoms with Crippen LogP contribution in [0.1, 0.15) is 46.0 Å². The van der Waals surface area contributed by atoms with Crippen molar-refractivity contribution in [3.05, 3.63) is 40.9 Å². The average molecular weight is 338 g/mol. The van der Waals surface area contributed by atoms with Crippen molar-refractivity contribution >= 4 is 27.5 Å². The van der Waals surface area contributed by atoms with Gasteiger partial charge in [-0.25, -0.2) is 0 Å². The normalized spacial score (nSPS) is 12.6. The highest BCUT2D eigenvalue weighted by atomic mass is 79.9. The molecule has 1 aromatic rings. The molecular weight excluding hydrogens is 314 g/mol. The average Bonchev–Trinajstić information content (AvgIpc) is 2.42. The van der Waals surface area contributed by atoms with Gasteiger partial charge in [0.2, 0.25) is 5.91 Å². The van der Waals surface area contributed by atoms with E-state index in [0.717, 1.165) is 42.3 Å². The van der Waals surface area contributed by atoms with Crippen LogP contribution < -0.4 is 5.32 Å². The number of carbonyl (C=O) groups is 1. The van der Waals surface area contributed by atoms with E-state index in [4.69, 9.17) is 0 Å². The van der Waals surface area contributed by atoms with Gasteiger partial charge >= 0.3 is 0 Å². The quantitative estimate of drug-likeness (QED) is 0.489. The second kappa shape index (κ2) is 9.76. The summed E-state index contributed by atoms with van der Waals surface area (Å²) in [5, 5.41) is 3.00. The van der Waals surface area contributed by atoms with Gasteiger partial charge in [0.05, 0.1) is 0 Å². The van der Waals surface area contributed by atoms with E-state index < -0.39 is 0 Å². The molecule has 1 atom stereocenters. The molecule has 0 saturated heterocycles. The molecule has 1 N–H and O–H groups in total. The van der Waals surface area contributed by atoms with Gasteiger partial charge in [0.15, 0.2) is 0 Å². The highest BCUT2D eigenvalue weighted by Gasteiger charge is 2.15. The fourth-order valence-corrected chi connectivity index (χ4v) is 2.55. The molecule has 0 spiro atoms. The standard InChI is InChI=1S/C17H24BrNO/c1-3-5-6-7-8-10-14(4-2)17(20)19-16-12-9-11-15(18)13-16/h3,5,9,11-14H,4,6-8,10H2,1-2H3,(H,19,20)/b5-3+. The van der Waals surface area contributed by atoms with Gasteiger partial charge in [0, 0.05) is 16.1 Å². The molecule has 1 unspecified atom stereocenters. The van der Waals surface area contributed by atoms with E-state index >= 15 is 0 Å². The molecule has 0 aliphatic heterocycles. The molecule has 1 amide bonds. The monoisotopic (exact) mass is 337 g/mol. The third-order valence-electron chi connectivity index (χ3n) is 3.36. The van der Waals surface area contributed by atoms with E-state index in [0.29, 0.717) is 0 Å². The Morgan fingerprint density at radius 2 is 2.20 bits per heavy atom. The first-order chi connectivity index (χ1) is 9.67. The first kappa shape index (κ1) is 17.0. The van der Waals surface area contributed by atoms with Gasteiger partial charge in [0.25, 0.3) is 0 Å². The van der Waals surface area contributed by atoms with Gasteiger partial charge in [-0.1, -0.05) is 47.5 Å². The summed E-state index contributed by atoms with van der Waals surface area (Å²) < 4.78 is 0.981. The molecule has 20 heavy (non-hydrogen) atoms. The zero-order valence-corrected chi connectivity index (χ0v) is 13.9. The van der Waals surface area contributed by atoms with Crippen LogP contribution in [0, 0.1) is 5.92 Å². The van der Waals surface area contributed by atoms with Crippen LogP contribution in [0.25, 0.3) is 0 Å². The topological polar surface area (TPSA) is 29.1 Å². The Labute approximate surface area is 130 Å². The summed E-state index contributed by atoms with van der Waals surface area (Å²) in [6.07, 6.45) is 9.50. The summed E-state index contributed by atoms with van der Waals surface area (Å²) in [4.78, 5) is 12.2. The molecule has 110 valence electrons. The van der Waals surface area contributed by atoms with Crippen LogP contribution in [0.4, 0.5) is 5.69 Å². The number of halogens is 1. The lowest BCUT2D eigenvalue weighted by molar-refractivity contribution is -0.120. The number of hydrogen-bond acceptors (Lipinski definition) is 1. The van der Waals surface area contributed by atoms with E-state index in [2.05, 4.69) is 40.3 Å². The third-order valence-corrected chi connectivity index (χ3v) is 3.86. The fraction of sp³-hybridized carbons (Fsp3) is 0.471. The smallest absolute Gasteiger partial charge is 0.227 e. The van der Waals surface area contributed by atoms with Crippen LogP contribution in [0.2, 0.25) is 0 Å². The summed E-state index contributed by atoms with van der Waals surface area (Å²) in [6, 6.07) is 7.73. The van der Waals surface area contributed by atoms with Crippen molar-refractivity contribution in [2.24, 2.45) is 5.92 Å². The summed E-state index contributed by atoms with van der Waals surface area (Å²) in [5.74, 6) is 0.247. The number of amides is 1. The number of carbonyl (C=O) groups excluding carboxylic acids is 1. The van der Waals surface area contributed by atoms with Crippen molar-refractivity contribution in [1.82, 2.24) is 0 Å². The number of hydrogen-bond donors (Lipinski definition) is 1. The second-order valence-corrected chi connectivity index (χ2v) is 5.87. The first-order valence-electron chi connectivity index (χ1n) is 7.35. The van der Waals surface area contributed by atoms with Crippen molar-refractivity contribution in [3.63, 3.8) is 0 Å². The molecule has 3 heteroatoms. The third kappa shape index (κ3) is 6.38. The van der Waals surface area contributed by atoms with Crippen LogP contribution in [0.5, 0.6) is 0 Å². The van der Waals surface area contributed by atoms with Gasteiger partial charge in [-0.15, -0.1) is 0 Å². The largest absolute Gasteiger partial charge is 0.326 e. The van der Waals surface area contributed by atoms with Crippen molar-refractivity contribution in [2.45, 2.75) is 46.0 Å². The van der Waals surface area contributed by atoms with Gasteiger partial charge in [0.1, 0.15) is 0 Å². The number of nitrogens with one attached hydrogen (secondary N) is 1. The molecule has 0 aromatic heterocycles. The van der Waals surface area contributed by atoms with Gasteiger partial charge in [-0.05, 0) is 50.8 Å². The Balaban J connectivity index is 2.42. The second-order valence-electron chi connectivity index (χ2n) is 4.96. The van der Waals surface area contributed by atoms with E-state index in [-0.39, 0.29) is 11.8 Å². The Kier molecular flexibility index (Phi) is 8.28. The number of unbranched alkanes of at least 4 members (excludes halogenated alkanes) is 2. The summed E-state index contributed by atoms with van der Waals surface area (Å²) in [6.45, 7) is 4.12. The maximum absolute atomic E-state index is 12.2. The Bertz CT molecular complexity index is 442. The minimum atomic E-state index is 0.111. The van der Waals surface area contributed by atoms with Crippen molar-refractivity contribution in [2.75, 3.05) is 5.32 Å². The Hall–Kier alpha value is -1.09. The fourth-order valence-electron chi connectivity index (χ4n) is 2.15. The number of rotatable bonds is 8. The SMILES string of the molecule is C/C=C/CCCCC(CC)C(=O)Nc1cccc(Br)c1. The lowest BCUT2D eigenvalue weighted by Crippen LogP contribution is -2.22. The van der Waals surface area contributed by atoms with Crippen molar-refractivity contribution in [3.8, 4) is 0 Å². The molecule has 0 fully saturated rings. The predicted octanol–water partition coefficient (Wildman–Crippen LogP) is 5.55. The van der Waals surface area contributed by atoms with Gasteiger partial charge in [-0.3, -0.25) is 4.79 Å². The minimum Gasteiger partial charge on any atom is -0.326 e. The Morgan fingerprint density at radius 1 is 1.40 bits per heavy atom. The molecule has 0 aliphatic rings. The molecule has 0 saturated carbocycles. The zero-order chi connectivity index (χ0) is 14.8. The zero-order valence-electron chi connectivity index (χ0n) is 12.4. The number of allylic oxidation sites excluding steroid dienone is 2. The minimum absolute atomic E-state index is 0.111. The lowest BCUT2D eigenvalue weighted by Gasteiger charge is -2.15. The maximum Gasteiger partial charge on any atom is 0.227 e. The van der Waals surface area contributed by atoms with Crippen LogP contribution in [-0.2, 0) is 4.79 Å². The lowest BCUT2D eigenvalue weighted by atomic mass is 9.97. The molecule has 2 nitrogen and oxygen atoms in total.